The maximum atomic E-state index is 13.1. The van der Waals surface area contributed by atoms with E-state index < -0.39 is 11.6 Å². The van der Waals surface area contributed by atoms with E-state index in [4.69, 9.17) is 9.47 Å². The van der Waals surface area contributed by atoms with Crippen molar-refractivity contribution >= 4 is 5.97 Å². The maximum Gasteiger partial charge on any atom is 0.343 e. The Bertz CT molecular complexity index is 837. The Labute approximate surface area is 191 Å². The van der Waals surface area contributed by atoms with Crippen molar-refractivity contribution in [3.05, 3.63) is 66.2 Å². The highest BCUT2D eigenvalue weighted by atomic mass is 16.5. The summed E-state index contributed by atoms with van der Waals surface area (Å²) < 4.78 is 11.5. The molecule has 5 nitrogen and oxygen atoms in total. The van der Waals surface area contributed by atoms with Gasteiger partial charge in [0.15, 0.2) is 5.60 Å². The van der Waals surface area contributed by atoms with E-state index in [1.54, 1.807) is 0 Å². The van der Waals surface area contributed by atoms with Crippen LogP contribution in [0.3, 0.4) is 0 Å². The number of hydrogen-bond donors (Lipinski definition) is 1. The Hall–Kier alpha value is -2.37. The summed E-state index contributed by atoms with van der Waals surface area (Å²) in [6, 6.07) is 19.2. The number of esters is 1. The third kappa shape index (κ3) is 5.51. The Morgan fingerprint density at radius 2 is 1.69 bits per heavy atom. The van der Waals surface area contributed by atoms with Gasteiger partial charge in [-0.15, -0.1) is 0 Å². The highest BCUT2D eigenvalue weighted by Crippen LogP contribution is 2.41. The van der Waals surface area contributed by atoms with E-state index >= 15 is 0 Å². The number of nitrogens with zero attached hydrogens (tertiary/aromatic N) is 1. The third-order valence-electron chi connectivity index (χ3n) is 6.92. The summed E-state index contributed by atoms with van der Waals surface area (Å²) >= 11 is 0. The van der Waals surface area contributed by atoms with Crippen LogP contribution >= 0.6 is 0 Å². The molecule has 5 heteroatoms. The van der Waals surface area contributed by atoms with Crippen molar-refractivity contribution < 1.29 is 19.4 Å². The molecule has 1 unspecified atom stereocenters. The molecule has 172 valence electrons. The van der Waals surface area contributed by atoms with Crippen molar-refractivity contribution in [2.24, 2.45) is 11.8 Å². The zero-order chi connectivity index (χ0) is 22.2. The lowest BCUT2D eigenvalue weighted by atomic mass is 9.80. The molecule has 0 spiro atoms. The molecular weight excluding hydrogens is 402 g/mol. The lowest BCUT2D eigenvalue weighted by molar-refractivity contribution is -0.175. The summed E-state index contributed by atoms with van der Waals surface area (Å²) in [6.45, 7) is 3.99. The van der Waals surface area contributed by atoms with Crippen LogP contribution in [0.15, 0.2) is 60.7 Å². The largest absolute Gasteiger partial charge is 0.494 e. The number of likely N-dealkylation sites (tertiary alicyclic amines) is 1. The summed E-state index contributed by atoms with van der Waals surface area (Å²) in [5.74, 6) is 0.678. The van der Waals surface area contributed by atoms with Gasteiger partial charge in [-0.25, -0.2) is 4.79 Å². The van der Waals surface area contributed by atoms with Crippen LogP contribution in [0.4, 0.5) is 0 Å². The first-order chi connectivity index (χ1) is 15.7. The first-order valence-corrected chi connectivity index (χ1v) is 12.0. The molecule has 1 saturated heterocycles. The summed E-state index contributed by atoms with van der Waals surface area (Å²) in [5, 5.41) is 11.5. The van der Waals surface area contributed by atoms with E-state index in [2.05, 4.69) is 4.90 Å². The molecular formula is C27H35NO4. The van der Waals surface area contributed by atoms with E-state index in [0.29, 0.717) is 24.7 Å². The second kappa shape index (κ2) is 11.0. The minimum absolute atomic E-state index is 0.0675. The highest BCUT2D eigenvalue weighted by Gasteiger charge is 2.48. The standard InChI is InChI=1S/C27H35NO4/c29-26(27(30,24-12-7-8-13-24)23-10-3-1-4-11-23)32-21-22-16-18-28(20-22)17-9-19-31-25-14-5-2-6-15-25/h1-6,10-11,14-15,22,24,30H,7-9,12-13,16-21H2/t22?,27-/m0/s1. The monoisotopic (exact) mass is 437 g/mol. The molecule has 2 aliphatic rings. The third-order valence-corrected chi connectivity index (χ3v) is 6.92. The molecule has 1 aliphatic carbocycles. The van der Waals surface area contributed by atoms with E-state index in [1.165, 1.54) is 0 Å². The van der Waals surface area contributed by atoms with Crippen molar-refractivity contribution in [3.63, 3.8) is 0 Å². The van der Waals surface area contributed by atoms with Gasteiger partial charge in [0.25, 0.3) is 0 Å². The molecule has 1 heterocycles. The van der Waals surface area contributed by atoms with Gasteiger partial charge in [-0.1, -0.05) is 61.4 Å². The first-order valence-electron chi connectivity index (χ1n) is 12.0. The molecule has 1 saturated carbocycles. The molecule has 1 N–H and O–H groups in total. The van der Waals surface area contributed by atoms with Crippen molar-refractivity contribution in [2.75, 3.05) is 32.8 Å². The highest BCUT2D eigenvalue weighted by molar-refractivity contribution is 5.81. The van der Waals surface area contributed by atoms with Crippen LogP contribution < -0.4 is 4.74 Å². The SMILES string of the molecule is O=C(OCC1CCN(CCCOc2ccccc2)C1)[C@](O)(c1ccccc1)C1CCCC1. The average molecular weight is 438 g/mol. The zero-order valence-electron chi connectivity index (χ0n) is 18.8. The fourth-order valence-corrected chi connectivity index (χ4v) is 5.11. The van der Waals surface area contributed by atoms with Crippen LogP contribution in [0.1, 0.15) is 44.1 Å². The first kappa shape index (κ1) is 22.8. The van der Waals surface area contributed by atoms with Gasteiger partial charge in [0, 0.05) is 24.9 Å². The summed E-state index contributed by atoms with van der Waals surface area (Å²) in [7, 11) is 0. The predicted molar refractivity (Wildman–Crippen MR) is 124 cm³/mol. The van der Waals surface area contributed by atoms with Crippen LogP contribution in [0.2, 0.25) is 0 Å². The van der Waals surface area contributed by atoms with Crippen LogP contribution in [0, 0.1) is 11.8 Å². The Balaban J connectivity index is 1.23. The number of hydrogen-bond acceptors (Lipinski definition) is 5. The zero-order valence-corrected chi connectivity index (χ0v) is 18.8. The predicted octanol–water partition coefficient (Wildman–Crippen LogP) is 4.40. The molecule has 0 bridgehead atoms. The molecule has 0 aromatic heterocycles. The molecule has 0 amide bonds. The molecule has 2 aromatic rings. The van der Waals surface area contributed by atoms with Crippen molar-refractivity contribution in [3.8, 4) is 5.75 Å². The fraction of sp³-hybridized carbons (Fsp3) is 0.519. The number of benzene rings is 2. The van der Waals surface area contributed by atoms with Gasteiger partial charge in [-0.05, 0) is 49.9 Å². The second-order valence-electron chi connectivity index (χ2n) is 9.18. The summed E-state index contributed by atoms with van der Waals surface area (Å²) in [6.07, 6.45) is 5.82. The minimum Gasteiger partial charge on any atom is -0.494 e. The normalized spacial score (nSPS) is 21.3. The molecule has 32 heavy (non-hydrogen) atoms. The molecule has 4 rings (SSSR count). The van der Waals surface area contributed by atoms with Gasteiger partial charge in [-0.2, -0.15) is 0 Å². The van der Waals surface area contributed by atoms with Gasteiger partial charge < -0.3 is 19.5 Å². The Kier molecular flexibility index (Phi) is 7.82. The smallest absolute Gasteiger partial charge is 0.343 e. The molecule has 2 aromatic carbocycles. The minimum atomic E-state index is -1.54. The van der Waals surface area contributed by atoms with Gasteiger partial charge in [0.05, 0.1) is 13.2 Å². The Morgan fingerprint density at radius 3 is 2.41 bits per heavy atom. The van der Waals surface area contributed by atoms with Crippen LogP contribution in [0.25, 0.3) is 0 Å². The number of ether oxygens (including phenoxy) is 2. The lowest BCUT2D eigenvalue weighted by Crippen LogP contribution is -2.44. The van der Waals surface area contributed by atoms with Crippen LogP contribution in [-0.2, 0) is 15.1 Å². The molecule has 2 atom stereocenters. The van der Waals surface area contributed by atoms with Gasteiger partial charge in [-0.3, -0.25) is 0 Å². The van der Waals surface area contributed by atoms with Crippen LogP contribution in [0.5, 0.6) is 5.75 Å². The fourth-order valence-electron chi connectivity index (χ4n) is 5.11. The van der Waals surface area contributed by atoms with E-state index in [0.717, 1.165) is 63.9 Å². The van der Waals surface area contributed by atoms with Crippen LogP contribution in [-0.4, -0.2) is 48.8 Å². The number of carbonyl (C=O) groups is 1. The molecule has 1 aliphatic heterocycles. The summed E-state index contributed by atoms with van der Waals surface area (Å²) in [5.41, 5.74) is -0.881. The quantitative estimate of drug-likeness (QED) is 0.441. The Morgan fingerprint density at radius 1 is 1.00 bits per heavy atom. The lowest BCUT2D eigenvalue weighted by Gasteiger charge is -2.32. The molecule has 2 fully saturated rings. The second-order valence-corrected chi connectivity index (χ2v) is 9.18. The van der Waals surface area contributed by atoms with Crippen molar-refractivity contribution in [1.82, 2.24) is 4.90 Å². The number of aliphatic hydroxyl groups is 1. The van der Waals surface area contributed by atoms with Gasteiger partial charge in [0.1, 0.15) is 5.75 Å². The van der Waals surface area contributed by atoms with E-state index in [9.17, 15) is 9.90 Å². The van der Waals surface area contributed by atoms with Crippen molar-refractivity contribution in [1.29, 1.82) is 0 Å². The topological polar surface area (TPSA) is 59.0 Å². The number of para-hydroxylation sites is 1. The van der Waals surface area contributed by atoms with Gasteiger partial charge in [0.2, 0.25) is 0 Å². The number of carbonyl (C=O) groups excluding carboxylic acids is 1. The average Bonchev–Trinajstić information content (AvgIpc) is 3.54. The van der Waals surface area contributed by atoms with Crippen molar-refractivity contribution in [2.45, 2.75) is 44.1 Å². The maximum absolute atomic E-state index is 13.1. The number of rotatable bonds is 10. The van der Waals surface area contributed by atoms with E-state index in [1.807, 2.05) is 60.7 Å². The van der Waals surface area contributed by atoms with Gasteiger partial charge >= 0.3 is 5.97 Å². The molecule has 0 radical (unpaired) electrons. The summed E-state index contributed by atoms with van der Waals surface area (Å²) in [4.78, 5) is 15.5. The van der Waals surface area contributed by atoms with E-state index in [-0.39, 0.29) is 5.92 Å².